The number of carbonyl (C=O) groups excluding carboxylic acids is 1. The fourth-order valence-electron chi connectivity index (χ4n) is 7.02. The summed E-state index contributed by atoms with van der Waals surface area (Å²) in [6.45, 7) is 8.83. The summed E-state index contributed by atoms with van der Waals surface area (Å²) in [6, 6.07) is 8.14. The predicted molar refractivity (Wildman–Crippen MR) is 219 cm³/mol. The molecule has 0 aliphatic heterocycles. The van der Waals surface area contributed by atoms with Gasteiger partial charge in [-0.25, -0.2) is 39.9 Å². The first kappa shape index (κ1) is 48.2. The lowest BCUT2D eigenvalue weighted by molar-refractivity contribution is -0.137. The second-order valence-electron chi connectivity index (χ2n) is 14.1. The molecule has 0 saturated heterocycles. The molecule has 0 bridgehead atoms. The van der Waals surface area contributed by atoms with E-state index < -0.39 is 66.9 Å². The van der Waals surface area contributed by atoms with Gasteiger partial charge >= 0.3 is 18.0 Å². The van der Waals surface area contributed by atoms with E-state index in [1.165, 1.54) is 17.4 Å². The van der Waals surface area contributed by atoms with Gasteiger partial charge in [0.2, 0.25) is 26.0 Å². The SMILES string of the molecule is CCCN(CCC)C(=O)C1(c2cc(F)cc(F)c2)C([C@@H](CC)CNCc2cccc(N(C)S(C)(=O)=O)c2)=C(C)C=C(C(=O)O)[C@H]1N.CS(=O)(=O)Nc1nc(C(=O)O)co1. The number of oxazole rings is 1. The lowest BCUT2D eigenvalue weighted by Gasteiger charge is -2.48. The zero-order chi connectivity index (χ0) is 44.5. The van der Waals surface area contributed by atoms with Crippen molar-refractivity contribution in [3.63, 3.8) is 0 Å². The monoisotopic (exact) mass is 866 g/mol. The first-order chi connectivity index (χ1) is 27.5. The maximum Gasteiger partial charge on any atom is 0.357 e. The molecule has 3 aromatic rings. The van der Waals surface area contributed by atoms with Gasteiger partial charge < -0.3 is 30.6 Å². The third-order valence-electron chi connectivity index (χ3n) is 9.59. The van der Waals surface area contributed by atoms with Crippen molar-refractivity contribution in [2.45, 2.75) is 65.0 Å². The molecule has 6 N–H and O–H groups in total. The number of carboxylic acids is 2. The van der Waals surface area contributed by atoms with Crippen LogP contribution < -0.4 is 20.1 Å². The summed E-state index contributed by atoms with van der Waals surface area (Å²) in [7, 11) is -5.47. The van der Waals surface area contributed by atoms with E-state index in [1.54, 1.807) is 30.0 Å². The minimum atomic E-state index is -3.49. The number of hydrogen-bond donors (Lipinski definition) is 5. The van der Waals surface area contributed by atoms with E-state index in [0.29, 0.717) is 68.3 Å². The molecule has 1 heterocycles. The van der Waals surface area contributed by atoms with E-state index in [0.717, 1.165) is 36.5 Å². The summed E-state index contributed by atoms with van der Waals surface area (Å²) < 4.78 is 82.9. The van der Waals surface area contributed by atoms with Crippen LogP contribution >= 0.6 is 0 Å². The summed E-state index contributed by atoms with van der Waals surface area (Å²) in [5.74, 6) is -5.31. The van der Waals surface area contributed by atoms with Crippen LogP contribution in [0.4, 0.5) is 20.5 Å². The van der Waals surface area contributed by atoms with Crippen LogP contribution in [0.25, 0.3) is 0 Å². The van der Waals surface area contributed by atoms with Crippen molar-refractivity contribution in [1.82, 2.24) is 15.2 Å². The number of carboxylic acid groups (broad SMARTS) is 2. The quantitative estimate of drug-likeness (QED) is 0.119. The normalized spacial score (nSPS) is 17.3. The molecule has 0 spiro atoms. The molecule has 16 nitrogen and oxygen atoms in total. The maximum absolute atomic E-state index is 15.0. The average Bonchev–Trinajstić information content (AvgIpc) is 3.60. The van der Waals surface area contributed by atoms with Crippen LogP contribution in [0.2, 0.25) is 0 Å². The maximum atomic E-state index is 15.0. The van der Waals surface area contributed by atoms with E-state index >= 15 is 0 Å². The number of rotatable bonds is 18. The number of amides is 1. The lowest BCUT2D eigenvalue weighted by Crippen LogP contribution is -2.62. The second kappa shape index (κ2) is 20.2. The Morgan fingerprint density at radius 1 is 0.983 bits per heavy atom. The van der Waals surface area contributed by atoms with Crippen molar-refractivity contribution < 1.29 is 54.6 Å². The summed E-state index contributed by atoms with van der Waals surface area (Å²) >= 11 is 0. The highest BCUT2D eigenvalue weighted by molar-refractivity contribution is 7.92. The Labute approximate surface area is 343 Å². The van der Waals surface area contributed by atoms with Crippen molar-refractivity contribution in [2.24, 2.45) is 11.7 Å². The molecule has 1 aliphatic carbocycles. The second-order valence-corrected chi connectivity index (χ2v) is 17.9. The zero-order valence-corrected chi connectivity index (χ0v) is 35.6. The number of aromatic nitrogens is 1. The summed E-state index contributed by atoms with van der Waals surface area (Å²) in [5.41, 5.74) is 6.63. The Hall–Kier alpha value is -5.18. The molecule has 1 unspecified atom stereocenters. The van der Waals surface area contributed by atoms with Gasteiger partial charge in [0, 0.05) is 39.3 Å². The number of anilines is 2. The van der Waals surface area contributed by atoms with Crippen molar-refractivity contribution in [3.8, 4) is 0 Å². The van der Waals surface area contributed by atoms with Crippen LogP contribution in [0, 0.1) is 17.6 Å². The van der Waals surface area contributed by atoms with Gasteiger partial charge in [0.15, 0.2) is 5.69 Å². The summed E-state index contributed by atoms with van der Waals surface area (Å²) in [5, 5.41) is 22.0. The van der Waals surface area contributed by atoms with Gasteiger partial charge in [-0.05, 0) is 84.7 Å². The molecule has 1 aliphatic rings. The Bertz CT molecular complexity index is 2270. The number of carbonyl (C=O) groups is 3. The van der Waals surface area contributed by atoms with Gasteiger partial charge in [0.1, 0.15) is 23.3 Å². The molecule has 0 fully saturated rings. The number of allylic oxidation sites excluding steroid dienone is 2. The molecule has 1 amide bonds. The summed E-state index contributed by atoms with van der Waals surface area (Å²) in [6.07, 6.45) is 6.04. The number of benzene rings is 2. The van der Waals surface area contributed by atoms with Crippen LogP contribution in [0.5, 0.6) is 0 Å². The molecular formula is C39H52F2N6O10S2. The third kappa shape index (κ3) is 12.0. The molecular weight excluding hydrogens is 815 g/mol. The van der Waals surface area contributed by atoms with Gasteiger partial charge in [-0.15, -0.1) is 0 Å². The molecule has 0 saturated carbocycles. The molecule has 3 atom stereocenters. The molecule has 1 aromatic heterocycles. The van der Waals surface area contributed by atoms with E-state index in [9.17, 15) is 45.1 Å². The molecule has 59 heavy (non-hydrogen) atoms. The Kier molecular flexibility index (Phi) is 16.5. The van der Waals surface area contributed by atoms with Gasteiger partial charge in [-0.1, -0.05) is 32.9 Å². The van der Waals surface area contributed by atoms with Crippen molar-refractivity contribution >= 4 is 49.6 Å². The average molecular weight is 867 g/mol. The Balaban J connectivity index is 0.000000606. The number of sulfonamides is 2. The Morgan fingerprint density at radius 2 is 1.59 bits per heavy atom. The van der Waals surface area contributed by atoms with Crippen LogP contribution in [-0.4, -0.2) is 100 Å². The molecule has 324 valence electrons. The van der Waals surface area contributed by atoms with Crippen molar-refractivity contribution in [3.05, 3.63) is 100.0 Å². The number of nitrogens with zero attached hydrogens (tertiary/aromatic N) is 3. The topological polar surface area (TPSA) is 243 Å². The zero-order valence-electron chi connectivity index (χ0n) is 34.0. The number of aromatic carboxylic acids is 1. The van der Waals surface area contributed by atoms with Crippen LogP contribution in [-0.2, 0) is 41.6 Å². The fraction of sp³-hybridized carbons (Fsp3) is 0.436. The molecule has 20 heteroatoms. The predicted octanol–water partition coefficient (Wildman–Crippen LogP) is 4.48. The van der Waals surface area contributed by atoms with Gasteiger partial charge in [-0.3, -0.25) is 9.10 Å². The highest BCUT2D eigenvalue weighted by atomic mass is 32.2. The number of nitrogens with one attached hydrogen (secondary N) is 2. The highest BCUT2D eigenvalue weighted by Gasteiger charge is 2.56. The van der Waals surface area contributed by atoms with Crippen LogP contribution in [0.15, 0.2) is 75.9 Å². The first-order valence-corrected chi connectivity index (χ1v) is 22.3. The largest absolute Gasteiger partial charge is 0.478 e. The minimum Gasteiger partial charge on any atom is -0.478 e. The van der Waals surface area contributed by atoms with Crippen LogP contribution in [0.3, 0.4) is 0 Å². The van der Waals surface area contributed by atoms with Gasteiger partial charge in [0.05, 0.1) is 29.8 Å². The minimum absolute atomic E-state index is 0.0316. The number of hydrogen-bond acceptors (Lipinski definition) is 11. The van der Waals surface area contributed by atoms with Crippen molar-refractivity contribution in [2.75, 3.05) is 48.2 Å². The van der Waals surface area contributed by atoms with Gasteiger partial charge in [0.25, 0.3) is 0 Å². The highest BCUT2D eigenvalue weighted by Crippen LogP contribution is 2.48. The smallest absolute Gasteiger partial charge is 0.357 e. The standard InChI is InChI=1S/C34H46F2N4O5S.C5H6N2O5S/c1-7-13-40(14-8-2)33(43)34(25-17-26(35)19-27(36)18-25)30(22(4)15-29(31(34)37)32(41)42)24(9-3)21-38-20-23-11-10-12-28(16-23)39(5)46(6,44)45;1-13(10,11)7-5-6-3(2-12-5)4(8)9/h10-12,15-19,24,31,38H,7-9,13-14,20-21,37H2,1-6H3,(H,41,42);2H,1H3,(H,6,7)(H,8,9)/t24-,31+,34?;/m0./s1. The molecule has 4 rings (SSSR count). The number of aliphatic carboxylic acids is 1. The van der Waals surface area contributed by atoms with E-state index in [4.69, 9.17) is 10.8 Å². The molecule has 0 radical (unpaired) electrons. The fourth-order valence-corrected chi connectivity index (χ4v) is 7.92. The number of halogens is 2. The Morgan fingerprint density at radius 3 is 2.08 bits per heavy atom. The van der Waals surface area contributed by atoms with E-state index in [-0.39, 0.29) is 22.8 Å². The molecule has 2 aromatic carbocycles. The van der Waals surface area contributed by atoms with Crippen molar-refractivity contribution in [1.29, 1.82) is 0 Å². The van der Waals surface area contributed by atoms with Gasteiger partial charge in [-0.2, -0.15) is 4.98 Å². The third-order valence-corrected chi connectivity index (χ3v) is 11.3. The van der Waals surface area contributed by atoms with E-state index in [1.807, 2.05) is 31.6 Å². The van der Waals surface area contributed by atoms with E-state index in [2.05, 4.69) is 14.7 Å². The summed E-state index contributed by atoms with van der Waals surface area (Å²) in [4.78, 5) is 42.7. The van der Waals surface area contributed by atoms with Crippen LogP contribution in [0.1, 0.15) is 68.6 Å². The first-order valence-electron chi connectivity index (χ1n) is 18.6. The lowest BCUT2D eigenvalue weighted by atomic mass is 9.58. The number of nitrogens with two attached hydrogens (primary N) is 1.